The molecule has 0 aliphatic heterocycles. The molecule has 1 heterocycles. The average molecular weight is 286 g/mol. The molecule has 0 spiro atoms. The van der Waals surface area contributed by atoms with Crippen molar-refractivity contribution in [3.8, 4) is 0 Å². The lowest BCUT2D eigenvalue weighted by atomic mass is 10.2. The van der Waals surface area contributed by atoms with Crippen molar-refractivity contribution in [1.82, 2.24) is 9.29 Å². The molecule has 7 nitrogen and oxygen atoms in total. The highest BCUT2D eigenvalue weighted by molar-refractivity contribution is 7.89. The number of sulfonamides is 1. The molecule has 0 aromatic carbocycles. The summed E-state index contributed by atoms with van der Waals surface area (Å²) in [6.45, 7) is 1.87. The largest absolute Gasteiger partial charge is 0.409 e. The molecule has 106 valence electrons. The molecular formula is C11H18N4O3S. The molecule has 0 radical (unpaired) electrons. The van der Waals surface area contributed by atoms with Crippen molar-refractivity contribution in [2.75, 3.05) is 18.8 Å². The maximum Gasteiger partial charge on any atom is 0.214 e. The number of aryl methyl sites for hydroxylation is 1. The summed E-state index contributed by atoms with van der Waals surface area (Å²) in [7, 11) is -3.43. The van der Waals surface area contributed by atoms with Gasteiger partial charge in [-0.25, -0.2) is 8.42 Å². The van der Waals surface area contributed by atoms with Gasteiger partial charge in [0.1, 0.15) is 0 Å². The molecule has 0 atom stereocenters. The van der Waals surface area contributed by atoms with Crippen LogP contribution in [-0.4, -0.2) is 47.6 Å². The zero-order valence-electron chi connectivity index (χ0n) is 10.7. The Morgan fingerprint density at radius 2 is 2.11 bits per heavy atom. The topological polar surface area (TPSA) is 109 Å². The van der Waals surface area contributed by atoms with Crippen LogP contribution in [-0.2, 0) is 16.4 Å². The van der Waals surface area contributed by atoms with Gasteiger partial charge in [-0.3, -0.25) is 4.98 Å². The quantitative estimate of drug-likeness (QED) is 0.318. The molecule has 1 rings (SSSR count). The normalized spacial score (nSPS) is 12.8. The fourth-order valence-corrected chi connectivity index (χ4v) is 3.02. The van der Waals surface area contributed by atoms with Crippen molar-refractivity contribution in [3.05, 3.63) is 30.1 Å². The number of rotatable bonds is 7. The van der Waals surface area contributed by atoms with Crippen LogP contribution in [0, 0.1) is 0 Å². The van der Waals surface area contributed by atoms with E-state index in [-0.39, 0.29) is 24.7 Å². The summed E-state index contributed by atoms with van der Waals surface area (Å²) in [5.74, 6) is -0.154. The van der Waals surface area contributed by atoms with Crippen molar-refractivity contribution in [1.29, 1.82) is 0 Å². The van der Waals surface area contributed by atoms with E-state index in [1.807, 2.05) is 0 Å². The van der Waals surface area contributed by atoms with Crippen LogP contribution in [0.15, 0.2) is 29.7 Å². The van der Waals surface area contributed by atoms with Gasteiger partial charge in [-0.1, -0.05) is 12.1 Å². The molecular weight excluding hydrogens is 268 g/mol. The third kappa shape index (κ3) is 4.84. The Bertz CT molecular complexity index is 516. The summed E-state index contributed by atoms with van der Waals surface area (Å²) >= 11 is 0. The Morgan fingerprint density at radius 1 is 1.47 bits per heavy atom. The maximum atomic E-state index is 12.1. The van der Waals surface area contributed by atoms with Crippen LogP contribution in [0.4, 0.5) is 0 Å². The first kappa shape index (κ1) is 15.4. The number of nitrogens with zero attached hydrogens (tertiary/aromatic N) is 3. The van der Waals surface area contributed by atoms with Gasteiger partial charge in [0.25, 0.3) is 0 Å². The molecule has 3 N–H and O–H groups in total. The summed E-state index contributed by atoms with van der Waals surface area (Å²) in [5, 5.41) is 11.3. The van der Waals surface area contributed by atoms with Crippen molar-refractivity contribution < 1.29 is 13.6 Å². The second-order valence-corrected chi connectivity index (χ2v) is 6.03. The molecule has 0 amide bonds. The minimum Gasteiger partial charge on any atom is -0.409 e. The van der Waals surface area contributed by atoms with Crippen LogP contribution in [0.5, 0.6) is 0 Å². The lowest BCUT2D eigenvalue weighted by Crippen LogP contribution is -2.40. The van der Waals surface area contributed by atoms with Gasteiger partial charge < -0.3 is 10.9 Å². The highest BCUT2D eigenvalue weighted by Gasteiger charge is 2.21. The first-order valence-corrected chi connectivity index (χ1v) is 7.43. The molecule has 0 saturated heterocycles. The molecule has 0 unspecified atom stereocenters. The van der Waals surface area contributed by atoms with Gasteiger partial charge >= 0.3 is 0 Å². The summed E-state index contributed by atoms with van der Waals surface area (Å²) in [6.07, 6.45) is 3.64. The standard InChI is InChI=1S/C11H18N4O3S/c1-2-15(9-11(12)14-16)19(17,18)8-5-10-3-6-13-7-4-10/h3-4,6-7,16H,2,5,8-9H2,1H3,(H2,12,14). The van der Waals surface area contributed by atoms with Crippen LogP contribution < -0.4 is 5.73 Å². The van der Waals surface area contributed by atoms with E-state index < -0.39 is 10.0 Å². The molecule has 0 saturated carbocycles. The third-order valence-electron chi connectivity index (χ3n) is 2.61. The Kier molecular flexibility index (Phi) is 5.71. The van der Waals surface area contributed by atoms with E-state index in [2.05, 4.69) is 10.1 Å². The number of hydrogen-bond donors (Lipinski definition) is 2. The van der Waals surface area contributed by atoms with Gasteiger partial charge in [-0.15, -0.1) is 0 Å². The predicted molar refractivity (Wildman–Crippen MR) is 72.4 cm³/mol. The van der Waals surface area contributed by atoms with Crippen molar-refractivity contribution >= 4 is 15.9 Å². The van der Waals surface area contributed by atoms with E-state index in [0.717, 1.165) is 5.56 Å². The summed E-state index contributed by atoms with van der Waals surface area (Å²) in [5.41, 5.74) is 6.24. The Balaban J connectivity index is 2.68. The first-order valence-electron chi connectivity index (χ1n) is 5.82. The molecule has 1 aromatic heterocycles. The number of aromatic nitrogens is 1. The fraction of sp³-hybridized carbons (Fsp3) is 0.455. The van der Waals surface area contributed by atoms with Gasteiger partial charge in [0.15, 0.2) is 5.84 Å². The average Bonchev–Trinajstić information content (AvgIpc) is 2.43. The molecule has 0 aliphatic rings. The number of likely N-dealkylation sites (N-methyl/N-ethyl adjacent to an activating group) is 1. The van der Waals surface area contributed by atoms with Crippen LogP contribution in [0.3, 0.4) is 0 Å². The van der Waals surface area contributed by atoms with Crippen LogP contribution in [0.2, 0.25) is 0 Å². The summed E-state index contributed by atoms with van der Waals surface area (Å²) in [4.78, 5) is 3.87. The summed E-state index contributed by atoms with van der Waals surface area (Å²) in [6, 6.07) is 3.55. The number of amidine groups is 1. The van der Waals surface area contributed by atoms with E-state index in [1.165, 1.54) is 4.31 Å². The highest BCUT2D eigenvalue weighted by Crippen LogP contribution is 2.06. The van der Waals surface area contributed by atoms with Gasteiger partial charge in [-0.05, 0) is 24.1 Å². The van der Waals surface area contributed by atoms with Gasteiger partial charge in [-0.2, -0.15) is 4.31 Å². The van der Waals surface area contributed by atoms with E-state index in [1.54, 1.807) is 31.5 Å². The summed E-state index contributed by atoms with van der Waals surface area (Å²) < 4.78 is 25.4. The monoisotopic (exact) mass is 286 g/mol. The van der Waals surface area contributed by atoms with E-state index >= 15 is 0 Å². The van der Waals surface area contributed by atoms with Crippen molar-refractivity contribution in [3.63, 3.8) is 0 Å². The molecule has 19 heavy (non-hydrogen) atoms. The lowest BCUT2D eigenvalue weighted by Gasteiger charge is -2.19. The van der Waals surface area contributed by atoms with Crippen LogP contribution in [0.25, 0.3) is 0 Å². The van der Waals surface area contributed by atoms with Crippen molar-refractivity contribution in [2.45, 2.75) is 13.3 Å². The van der Waals surface area contributed by atoms with Gasteiger partial charge in [0.2, 0.25) is 10.0 Å². The minimum atomic E-state index is -3.43. The number of pyridine rings is 1. The third-order valence-corrected chi connectivity index (χ3v) is 4.51. The second-order valence-electron chi connectivity index (χ2n) is 3.94. The van der Waals surface area contributed by atoms with Crippen LogP contribution >= 0.6 is 0 Å². The molecule has 1 aromatic rings. The number of oxime groups is 1. The van der Waals surface area contributed by atoms with E-state index in [9.17, 15) is 8.42 Å². The smallest absolute Gasteiger partial charge is 0.214 e. The number of nitrogens with two attached hydrogens (primary N) is 1. The molecule has 0 bridgehead atoms. The molecule has 0 aliphatic carbocycles. The predicted octanol–water partition coefficient (Wildman–Crippen LogP) is 0.0222. The Labute approximate surface area is 112 Å². The Hall–Kier alpha value is -1.67. The molecule has 8 heteroatoms. The number of hydrogen-bond acceptors (Lipinski definition) is 5. The first-order chi connectivity index (χ1) is 8.99. The maximum absolute atomic E-state index is 12.1. The van der Waals surface area contributed by atoms with E-state index in [4.69, 9.17) is 10.9 Å². The Morgan fingerprint density at radius 3 is 2.63 bits per heavy atom. The van der Waals surface area contributed by atoms with Gasteiger partial charge in [0, 0.05) is 18.9 Å². The van der Waals surface area contributed by atoms with Crippen LogP contribution in [0.1, 0.15) is 12.5 Å². The van der Waals surface area contributed by atoms with E-state index in [0.29, 0.717) is 6.42 Å². The van der Waals surface area contributed by atoms with Crippen molar-refractivity contribution in [2.24, 2.45) is 10.9 Å². The minimum absolute atomic E-state index is 0.0242. The molecule has 0 fully saturated rings. The second kappa shape index (κ2) is 7.05. The fourth-order valence-electron chi connectivity index (χ4n) is 1.54. The lowest BCUT2D eigenvalue weighted by molar-refractivity contribution is 0.315. The zero-order valence-corrected chi connectivity index (χ0v) is 11.5. The highest BCUT2D eigenvalue weighted by atomic mass is 32.2. The van der Waals surface area contributed by atoms with Gasteiger partial charge in [0.05, 0.1) is 12.3 Å². The zero-order chi connectivity index (χ0) is 14.3. The SMILES string of the molecule is CCN(CC(N)=NO)S(=O)(=O)CCc1ccncc1.